The van der Waals surface area contributed by atoms with Crippen molar-refractivity contribution < 1.29 is 14.7 Å². The van der Waals surface area contributed by atoms with Gasteiger partial charge in [0.05, 0.1) is 11.6 Å². The topological polar surface area (TPSA) is 86.3 Å². The summed E-state index contributed by atoms with van der Waals surface area (Å²) in [5.41, 5.74) is 2.92. The molecular formula is C25H18ClN3O3. The molecule has 32 heavy (non-hydrogen) atoms. The van der Waals surface area contributed by atoms with E-state index in [0.717, 1.165) is 22.0 Å². The highest BCUT2D eigenvalue weighted by Crippen LogP contribution is 2.42. The van der Waals surface area contributed by atoms with Gasteiger partial charge >= 0.3 is 0 Å². The highest BCUT2D eigenvalue weighted by molar-refractivity contribution is 6.46. The van der Waals surface area contributed by atoms with Gasteiger partial charge in [-0.2, -0.15) is 0 Å². The maximum Gasteiger partial charge on any atom is 0.295 e. The SMILES string of the molecule is O=C1C(=O)N(Cc2ccncc2)C(c2c[nH]c3ccccc23)/C1=C(\O)c1ccc(Cl)cc1. The van der Waals surface area contributed by atoms with Crippen molar-refractivity contribution in [3.05, 3.63) is 107 Å². The smallest absolute Gasteiger partial charge is 0.295 e. The number of para-hydroxylation sites is 1. The second-order valence-electron chi connectivity index (χ2n) is 7.58. The number of pyridine rings is 1. The van der Waals surface area contributed by atoms with Crippen molar-refractivity contribution in [3.8, 4) is 0 Å². The van der Waals surface area contributed by atoms with E-state index in [4.69, 9.17) is 11.6 Å². The minimum Gasteiger partial charge on any atom is -0.507 e. The molecule has 1 aliphatic heterocycles. The summed E-state index contributed by atoms with van der Waals surface area (Å²) in [4.78, 5) is 35.0. The number of rotatable bonds is 4. The van der Waals surface area contributed by atoms with Gasteiger partial charge in [0, 0.05) is 52.2 Å². The fourth-order valence-corrected chi connectivity index (χ4v) is 4.26. The molecule has 0 saturated carbocycles. The van der Waals surface area contributed by atoms with E-state index in [1.165, 1.54) is 4.90 Å². The number of likely N-dealkylation sites (tertiary alicyclic amines) is 1. The summed E-state index contributed by atoms with van der Waals surface area (Å²) in [6.45, 7) is 0.203. The third kappa shape index (κ3) is 3.35. The number of hydrogen-bond acceptors (Lipinski definition) is 4. The van der Waals surface area contributed by atoms with E-state index in [1.54, 1.807) is 55.0 Å². The van der Waals surface area contributed by atoms with Gasteiger partial charge in [-0.1, -0.05) is 29.8 Å². The molecule has 1 unspecified atom stereocenters. The Balaban J connectivity index is 1.71. The summed E-state index contributed by atoms with van der Waals surface area (Å²) >= 11 is 5.98. The molecule has 1 atom stereocenters. The number of hydrogen-bond donors (Lipinski definition) is 2. The number of nitrogens with zero attached hydrogens (tertiary/aromatic N) is 2. The Morgan fingerprint density at radius 3 is 2.50 bits per heavy atom. The number of halogens is 1. The molecule has 5 rings (SSSR count). The molecule has 6 nitrogen and oxygen atoms in total. The molecule has 1 aliphatic rings. The van der Waals surface area contributed by atoms with E-state index in [9.17, 15) is 14.7 Å². The van der Waals surface area contributed by atoms with E-state index in [1.807, 2.05) is 24.3 Å². The van der Waals surface area contributed by atoms with Gasteiger partial charge in [-0.25, -0.2) is 0 Å². The monoisotopic (exact) mass is 443 g/mol. The van der Waals surface area contributed by atoms with Crippen LogP contribution >= 0.6 is 11.6 Å². The molecule has 1 saturated heterocycles. The van der Waals surface area contributed by atoms with Crippen LogP contribution in [0.4, 0.5) is 0 Å². The van der Waals surface area contributed by atoms with Gasteiger partial charge in [0.15, 0.2) is 0 Å². The molecule has 0 spiro atoms. The predicted molar refractivity (Wildman–Crippen MR) is 122 cm³/mol. The fourth-order valence-electron chi connectivity index (χ4n) is 4.13. The van der Waals surface area contributed by atoms with Crippen molar-refractivity contribution in [3.63, 3.8) is 0 Å². The van der Waals surface area contributed by atoms with Gasteiger partial charge in [-0.05, 0) is 48.0 Å². The number of carbonyl (C=O) groups is 2. The van der Waals surface area contributed by atoms with Crippen LogP contribution in [0.25, 0.3) is 16.7 Å². The van der Waals surface area contributed by atoms with Crippen LogP contribution in [0, 0.1) is 0 Å². The van der Waals surface area contributed by atoms with E-state index in [0.29, 0.717) is 10.6 Å². The van der Waals surface area contributed by atoms with Crippen molar-refractivity contribution in [1.29, 1.82) is 0 Å². The number of aliphatic hydroxyl groups is 1. The second-order valence-corrected chi connectivity index (χ2v) is 8.02. The number of aliphatic hydroxyl groups excluding tert-OH is 1. The van der Waals surface area contributed by atoms with E-state index in [2.05, 4.69) is 9.97 Å². The lowest BCUT2D eigenvalue weighted by Gasteiger charge is -2.25. The molecule has 2 aromatic carbocycles. The molecule has 0 radical (unpaired) electrons. The van der Waals surface area contributed by atoms with Crippen LogP contribution in [0.3, 0.4) is 0 Å². The number of aromatic amines is 1. The Morgan fingerprint density at radius 1 is 1.03 bits per heavy atom. The van der Waals surface area contributed by atoms with Crippen LogP contribution in [0.15, 0.2) is 84.8 Å². The lowest BCUT2D eigenvalue weighted by atomic mass is 9.95. The normalized spacial score (nSPS) is 17.9. The molecule has 4 aromatic rings. The van der Waals surface area contributed by atoms with Crippen LogP contribution in [-0.4, -0.2) is 31.7 Å². The average molecular weight is 444 g/mol. The van der Waals surface area contributed by atoms with Gasteiger partial charge in [-0.15, -0.1) is 0 Å². The molecule has 1 fully saturated rings. The number of nitrogens with one attached hydrogen (secondary N) is 1. The Labute approximate surface area is 188 Å². The zero-order chi connectivity index (χ0) is 22.2. The summed E-state index contributed by atoms with van der Waals surface area (Å²) in [6.07, 6.45) is 5.07. The van der Waals surface area contributed by atoms with Crippen molar-refractivity contribution >= 4 is 40.0 Å². The maximum atomic E-state index is 13.2. The summed E-state index contributed by atoms with van der Waals surface area (Å²) in [5.74, 6) is -1.61. The molecule has 2 aromatic heterocycles. The maximum absolute atomic E-state index is 13.2. The summed E-state index contributed by atoms with van der Waals surface area (Å²) in [7, 11) is 0. The van der Waals surface area contributed by atoms with Crippen LogP contribution in [0.2, 0.25) is 5.02 Å². The third-order valence-electron chi connectivity index (χ3n) is 5.68. The van der Waals surface area contributed by atoms with Crippen LogP contribution in [-0.2, 0) is 16.1 Å². The second kappa shape index (κ2) is 7.98. The molecule has 2 N–H and O–H groups in total. The number of aromatic nitrogens is 2. The quantitative estimate of drug-likeness (QED) is 0.268. The Kier molecular flexibility index (Phi) is 4.99. The number of benzene rings is 2. The lowest BCUT2D eigenvalue weighted by molar-refractivity contribution is -0.140. The Hall–Kier alpha value is -3.90. The molecule has 158 valence electrons. The highest BCUT2D eigenvalue weighted by Gasteiger charge is 2.46. The number of fused-ring (bicyclic) bond motifs is 1. The van der Waals surface area contributed by atoms with Gasteiger partial charge in [-0.3, -0.25) is 14.6 Å². The third-order valence-corrected chi connectivity index (χ3v) is 5.93. The van der Waals surface area contributed by atoms with Gasteiger partial charge < -0.3 is 15.0 Å². The van der Waals surface area contributed by atoms with Crippen molar-refractivity contribution in [2.24, 2.45) is 0 Å². The lowest BCUT2D eigenvalue weighted by Crippen LogP contribution is -2.29. The standard InChI is InChI=1S/C25H18ClN3O3/c26-17-7-5-16(6-8-17)23(30)21-22(19-13-28-20-4-2-1-3-18(19)20)29(25(32)24(21)31)14-15-9-11-27-12-10-15/h1-13,22,28,30H,14H2/b23-21+. The first-order valence-corrected chi connectivity index (χ1v) is 10.4. The molecular weight excluding hydrogens is 426 g/mol. The summed E-state index contributed by atoms with van der Waals surface area (Å²) in [5, 5.41) is 12.5. The number of Topliss-reactive ketones (excluding diaryl/α,β-unsaturated/α-hetero) is 1. The molecule has 3 heterocycles. The summed E-state index contributed by atoms with van der Waals surface area (Å²) in [6, 6.07) is 17.0. The predicted octanol–water partition coefficient (Wildman–Crippen LogP) is 4.84. The zero-order valence-electron chi connectivity index (χ0n) is 16.8. The average Bonchev–Trinajstić information content (AvgIpc) is 3.34. The number of carbonyl (C=O) groups excluding carboxylic acids is 2. The molecule has 7 heteroatoms. The van der Waals surface area contributed by atoms with Gasteiger partial charge in [0.1, 0.15) is 5.76 Å². The minimum atomic E-state index is -0.755. The van der Waals surface area contributed by atoms with Gasteiger partial charge in [0.25, 0.3) is 11.7 Å². The Morgan fingerprint density at radius 2 is 1.75 bits per heavy atom. The highest BCUT2D eigenvalue weighted by atomic mass is 35.5. The fraction of sp³-hybridized carbons (Fsp3) is 0.0800. The first kappa shape index (κ1) is 20.0. The molecule has 0 bridgehead atoms. The number of amides is 1. The minimum absolute atomic E-state index is 0.0520. The van der Waals surface area contributed by atoms with Crippen LogP contribution < -0.4 is 0 Å². The molecule has 0 aliphatic carbocycles. The Bertz CT molecular complexity index is 1360. The van der Waals surface area contributed by atoms with E-state index < -0.39 is 17.7 Å². The van der Waals surface area contributed by atoms with Crippen LogP contribution in [0.1, 0.15) is 22.7 Å². The van der Waals surface area contributed by atoms with Crippen LogP contribution in [0.5, 0.6) is 0 Å². The van der Waals surface area contributed by atoms with E-state index >= 15 is 0 Å². The number of H-pyrrole nitrogens is 1. The molecule has 1 amide bonds. The van der Waals surface area contributed by atoms with Crippen molar-refractivity contribution in [2.75, 3.05) is 0 Å². The van der Waals surface area contributed by atoms with E-state index in [-0.39, 0.29) is 17.9 Å². The zero-order valence-corrected chi connectivity index (χ0v) is 17.6. The summed E-state index contributed by atoms with van der Waals surface area (Å²) < 4.78 is 0. The van der Waals surface area contributed by atoms with Crippen molar-refractivity contribution in [1.82, 2.24) is 14.9 Å². The number of ketones is 1. The van der Waals surface area contributed by atoms with Gasteiger partial charge in [0.2, 0.25) is 0 Å². The largest absolute Gasteiger partial charge is 0.507 e. The first-order valence-electron chi connectivity index (χ1n) is 10.0. The first-order chi connectivity index (χ1) is 15.5. The van der Waals surface area contributed by atoms with Crippen molar-refractivity contribution in [2.45, 2.75) is 12.6 Å².